The normalized spacial score (nSPS) is 14.0. The lowest BCUT2D eigenvalue weighted by Gasteiger charge is -2.18. The van der Waals surface area contributed by atoms with Crippen molar-refractivity contribution in [3.63, 3.8) is 0 Å². The van der Waals surface area contributed by atoms with E-state index in [2.05, 4.69) is 24.6 Å². The number of carbonyl (C=O) groups excluding carboxylic acids is 1. The summed E-state index contributed by atoms with van der Waals surface area (Å²) in [4.78, 5) is 20.2. The lowest BCUT2D eigenvalue weighted by molar-refractivity contribution is -0.117. The quantitative estimate of drug-likeness (QED) is 0.779. The van der Waals surface area contributed by atoms with E-state index in [4.69, 9.17) is 4.74 Å². The van der Waals surface area contributed by atoms with Crippen molar-refractivity contribution in [3.05, 3.63) is 59.0 Å². The first kappa shape index (κ1) is 16.5. The van der Waals surface area contributed by atoms with Gasteiger partial charge in [0.15, 0.2) is 0 Å². The minimum Gasteiger partial charge on any atom is -0.496 e. The van der Waals surface area contributed by atoms with Gasteiger partial charge in [0.05, 0.1) is 12.8 Å². The predicted octanol–water partition coefficient (Wildman–Crippen LogP) is 3.69. The number of anilines is 1. The van der Waals surface area contributed by atoms with E-state index < -0.39 is 0 Å². The molecular weight excluding hydrogens is 320 g/mol. The molecule has 4 nitrogen and oxygen atoms in total. The highest BCUT2D eigenvalue weighted by molar-refractivity contribution is 7.16. The molecule has 5 heteroatoms. The Morgan fingerprint density at radius 2 is 2.17 bits per heavy atom. The van der Waals surface area contributed by atoms with Crippen LogP contribution < -0.4 is 9.64 Å². The molecule has 0 aliphatic carbocycles. The van der Waals surface area contributed by atoms with Crippen LogP contribution in [0.5, 0.6) is 5.75 Å². The van der Waals surface area contributed by atoms with E-state index in [0.717, 1.165) is 34.0 Å². The molecule has 0 saturated carbocycles. The zero-order chi connectivity index (χ0) is 17.1. The van der Waals surface area contributed by atoms with Gasteiger partial charge in [-0.05, 0) is 24.6 Å². The number of methoxy groups -OCH3 is 1. The highest BCUT2D eigenvalue weighted by Crippen LogP contribution is 2.37. The molecular formula is C19H20N2O2S. The zero-order valence-electron chi connectivity index (χ0n) is 13.9. The number of hydrogen-bond donors (Lipinski definition) is 0. The van der Waals surface area contributed by atoms with Gasteiger partial charge in [0.1, 0.15) is 17.3 Å². The van der Waals surface area contributed by atoms with Crippen molar-refractivity contribution in [1.82, 2.24) is 0 Å². The third-order valence-electron chi connectivity index (χ3n) is 3.96. The summed E-state index contributed by atoms with van der Waals surface area (Å²) in [5.74, 6) is 0.751. The SMILES string of the molecule is C=CCN1C(=O)CN=C(c2ccccc2OC)c2cc(CC)sc21. The van der Waals surface area contributed by atoms with Crippen molar-refractivity contribution >= 4 is 28.0 Å². The molecule has 0 unspecified atom stereocenters. The van der Waals surface area contributed by atoms with Gasteiger partial charge in [-0.25, -0.2) is 0 Å². The van der Waals surface area contributed by atoms with Crippen molar-refractivity contribution in [1.29, 1.82) is 0 Å². The molecule has 1 aromatic carbocycles. The minimum absolute atomic E-state index is 0.00875. The van der Waals surface area contributed by atoms with Gasteiger partial charge < -0.3 is 4.74 Å². The maximum atomic E-state index is 12.5. The Hall–Kier alpha value is -2.40. The zero-order valence-corrected chi connectivity index (χ0v) is 14.7. The number of benzene rings is 1. The van der Waals surface area contributed by atoms with Crippen LogP contribution in [0.4, 0.5) is 5.00 Å². The van der Waals surface area contributed by atoms with Crippen LogP contribution in [-0.4, -0.2) is 31.8 Å². The van der Waals surface area contributed by atoms with Gasteiger partial charge >= 0.3 is 0 Å². The molecule has 0 radical (unpaired) electrons. The van der Waals surface area contributed by atoms with Gasteiger partial charge in [-0.1, -0.05) is 25.1 Å². The molecule has 0 saturated heterocycles. The number of aliphatic imine (C=N–C) groups is 1. The van der Waals surface area contributed by atoms with Crippen LogP contribution in [0.3, 0.4) is 0 Å². The molecule has 2 aromatic rings. The van der Waals surface area contributed by atoms with Crippen molar-refractivity contribution in [2.75, 3.05) is 25.1 Å². The second kappa shape index (κ2) is 7.01. The Labute approximate surface area is 146 Å². The van der Waals surface area contributed by atoms with E-state index in [1.807, 2.05) is 24.3 Å². The molecule has 0 bridgehead atoms. The van der Waals surface area contributed by atoms with Crippen LogP contribution in [0.25, 0.3) is 0 Å². The van der Waals surface area contributed by atoms with E-state index in [1.54, 1.807) is 29.4 Å². The molecule has 3 rings (SSSR count). The Kier molecular flexibility index (Phi) is 4.81. The smallest absolute Gasteiger partial charge is 0.249 e. The van der Waals surface area contributed by atoms with Gasteiger partial charge in [-0.3, -0.25) is 14.7 Å². The molecule has 1 aromatic heterocycles. The van der Waals surface area contributed by atoms with Gasteiger partial charge in [0.25, 0.3) is 0 Å². The van der Waals surface area contributed by atoms with Crippen molar-refractivity contribution in [3.8, 4) is 5.75 Å². The second-order valence-corrected chi connectivity index (χ2v) is 6.56. The number of ether oxygens (including phenoxy) is 1. The monoisotopic (exact) mass is 340 g/mol. The molecule has 1 aliphatic heterocycles. The largest absolute Gasteiger partial charge is 0.496 e. The number of hydrogen-bond acceptors (Lipinski definition) is 4. The Balaban J connectivity index is 2.20. The molecule has 0 atom stereocenters. The van der Waals surface area contributed by atoms with E-state index in [-0.39, 0.29) is 12.5 Å². The van der Waals surface area contributed by atoms with Gasteiger partial charge in [0.2, 0.25) is 5.91 Å². The molecule has 24 heavy (non-hydrogen) atoms. The average Bonchev–Trinajstić information content (AvgIpc) is 2.99. The van der Waals surface area contributed by atoms with Crippen molar-refractivity contribution in [2.24, 2.45) is 4.99 Å². The summed E-state index contributed by atoms with van der Waals surface area (Å²) < 4.78 is 5.50. The number of fused-ring (bicyclic) bond motifs is 1. The summed E-state index contributed by atoms with van der Waals surface area (Å²) >= 11 is 1.65. The topological polar surface area (TPSA) is 41.9 Å². The van der Waals surface area contributed by atoms with Gasteiger partial charge in [-0.2, -0.15) is 0 Å². The number of para-hydroxylation sites is 1. The molecule has 0 fully saturated rings. The van der Waals surface area contributed by atoms with E-state index in [9.17, 15) is 4.79 Å². The Morgan fingerprint density at radius 1 is 1.38 bits per heavy atom. The maximum Gasteiger partial charge on any atom is 0.249 e. The average molecular weight is 340 g/mol. The predicted molar refractivity (Wildman–Crippen MR) is 99.7 cm³/mol. The lowest BCUT2D eigenvalue weighted by atomic mass is 10.0. The van der Waals surface area contributed by atoms with Crippen LogP contribution in [0, 0.1) is 0 Å². The molecule has 2 heterocycles. The van der Waals surface area contributed by atoms with Gasteiger partial charge in [-0.15, -0.1) is 17.9 Å². The third kappa shape index (κ3) is 2.87. The molecule has 124 valence electrons. The molecule has 0 N–H and O–H groups in total. The number of aryl methyl sites for hydroxylation is 1. The summed E-state index contributed by atoms with van der Waals surface area (Å²) in [5.41, 5.74) is 2.72. The van der Waals surface area contributed by atoms with Crippen LogP contribution in [0.2, 0.25) is 0 Å². The van der Waals surface area contributed by atoms with E-state index in [0.29, 0.717) is 6.54 Å². The molecule has 0 spiro atoms. The fourth-order valence-electron chi connectivity index (χ4n) is 2.79. The van der Waals surface area contributed by atoms with Crippen LogP contribution >= 0.6 is 11.3 Å². The first-order chi connectivity index (χ1) is 11.7. The summed E-state index contributed by atoms with van der Waals surface area (Å²) in [7, 11) is 1.65. The third-order valence-corrected chi connectivity index (χ3v) is 5.26. The number of nitrogens with zero attached hydrogens (tertiary/aromatic N) is 2. The Morgan fingerprint density at radius 3 is 2.88 bits per heavy atom. The summed E-state index contributed by atoms with van der Waals surface area (Å²) in [6.07, 6.45) is 2.67. The highest BCUT2D eigenvalue weighted by Gasteiger charge is 2.27. The standard InChI is InChI=1S/C19H20N2O2S/c1-4-10-21-17(22)12-20-18(14-8-6-7-9-16(14)23-3)15-11-13(5-2)24-19(15)21/h4,6-9,11H,1,5,10,12H2,2-3H3. The lowest BCUT2D eigenvalue weighted by Crippen LogP contribution is -2.31. The van der Waals surface area contributed by atoms with Crippen LogP contribution in [0.1, 0.15) is 22.9 Å². The molecule has 1 aliphatic rings. The first-order valence-corrected chi connectivity index (χ1v) is 8.73. The molecule has 1 amide bonds. The number of thiophene rings is 1. The minimum atomic E-state index is -0.00875. The number of amides is 1. The first-order valence-electron chi connectivity index (χ1n) is 7.91. The number of carbonyl (C=O) groups is 1. The fraction of sp³-hybridized carbons (Fsp3) is 0.263. The van der Waals surface area contributed by atoms with Gasteiger partial charge in [0, 0.05) is 22.5 Å². The number of rotatable bonds is 5. The summed E-state index contributed by atoms with van der Waals surface area (Å²) in [6.45, 7) is 6.51. The van der Waals surface area contributed by atoms with Crippen molar-refractivity contribution in [2.45, 2.75) is 13.3 Å². The van der Waals surface area contributed by atoms with Crippen LogP contribution in [-0.2, 0) is 11.2 Å². The van der Waals surface area contributed by atoms with E-state index >= 15 is 0 Å². The van der Waals surface area contributed by atoms with Crippen LogP contribution in [0.15, 0.2) is 48.0 Å². The van der Waals surface area contributed by atoms with E-state index in [1.165, 1.54) is 4.88 Å². The fourth-order valence-corrected chi connectivity index (χ4v) is 3.91. The summed E-state index contributed by atoms with van der Waals surface area (Å²) in [5, 5.41) is 0.943. The highest BCUT2D eigenvalue weighted by atomic mass is 32.1. The van der Waals surface area contributed by atoms with Crippen molar-refractivity contribution < 1.29 is 9.53 Å². The Bertz CT molecular complexity index is 807. The summed E-state index contributed by atoms with van der Waals surface area (Å²) in [6, 6.07) is 9.93. The maximum absolute atomic E-state index is 12.5. The second-order valence-electron chi connectivity index (χ2n) is 5.44.